The predicted molar refractivity (Wildman–Crippen MR) is 101 cm³/mol. The van der Waals surface area contributed by atoms with Crippen molar-refractivity contribution in [3.63, 3.8) is 0 Å². The van der Waals surface area contributed by atoms with Crippen LogP contribution in [0.1, 0.15) is 23.2 Å². The van der Waals surface area contributed by atoms with Gasteiger partial charge in [0.2, 0.25) is 0 Å². The predicted octanol–water partition coefficient (Wildman–Crippen LogP) is 4.39. The van der Waals surface area contributed by atoms with Gasteiger partial charge in [0.25, 0.3) is 5.91 Å². The van der Waals surface area contributed by atoms with Crippen molar-refractivity contribution >= 4 is 21.8 Å². The minimum atomic E-state index is 0.0493. The Hall–Kier alpha value is -2.01. The van der Waals surface area contributed by atoms with E-state index in [9.17, 15) is 4.79 Å². The molecule has 1 aliphatic heterocycles. The number of rotatable bonds is 5. The van der Waals surface area contributed by atoms with Crippen LogP contribution in [0.25, 0.3) is 0 Å². The van der Waals surface area contributed by atoms with Crippen LogP contribution in [-0.2, 0) is 0 Å². The van der Waals surface area contributed by atoms with E-state index in [4.69, 9.17) is 9.47 Å². The van der Waals surface area contributed by atoms with Crippen molar-refractivity contribution in [1.82, 2.24) is 4.90 Å². The van der Waals surface area contributed by atoms with Gasteiger partial charge in [-0.1, -0.05) is 18.2 Å². The first kappa shape index (κ1) is 17.8. The molecule has 0 spiro atoms. The van der Waals surface area contributed by atoms with Crippen LogP contribution in [-0.4, -0.2) is 37.6 Å². The number of benzene rings is 2. The number of hydrogen-bond donors (Lipinski definition) is 0. The van der Waals surface area contributed by atoms with Gasteiger partial charge < -0.3 is 14.4 Å². The van der Waals surface area contributed by atoms with E-state index in [1.165, 1.54) is 0 Å². The van der Waals surface area contributed by atoms with Crippen LogP contribution in [0.2, 0.25) is 0 Å². The Kier molecular flexibility index (Phi) is 5.97. The van der Waals surface area contributed by atoms with Gasteiger partial charge >= 0.3 is 0 Å². The summed E-state index contributed by atoms with van der Waals surface area (Å²) in [5, 5.41) is 0. The Labute approximate surface area is 156 Å². The highest BCUT2D eigenvalue weighted by molar-refractivity contribution is 9.10. The van der Waals surface area contributed by atoms with Gasteiger partial charge in [0.1, 0.15) is 11.5 Å². The summed E-state index contributed by atoms with van der Waals surface area (Å²) in [7, 11) is 1.61. The van der Waals surface area contributed by atoms with Gasteiger partial charge in [0.15, 0.2) is 0 Å². The molecule has 2 aromatic rings. The molecule has 1 fully saturated rings. The molecule has 3 rings (SSSR count). The number of amides is 1. The molecule has 1 amide bonds. The standard InChI is InChI=1S/C20H22BrNO3/c1-24-17-7-8-19(21)18(13-17)20(23)22-11-9-15(10-12-22)14-25-16-5-3-2-4-6-16/h2-8,13,15H,9-12,14H2,1H3. The first-order valence-electron chi connectivity index (χ1n) is 8.48. The van der Waals surface area contributed by atoms with Crippen molar-refractivity contribution in [2.24, 2.45) is 5.92 Å². The highest BCUT2D eigenvalue weighted by Crippen LogP contribution is 2.26. The fraction of sp³-hybridized carbons (Fsp3) is 0.350. The Morgan fingerprint density at radius 2 is 1.84 bits per heavy atom. The monoisotopic (exact) mass is 403 g/mol. The number of likely N-dealkylation sites (tertiary alicyclic amines) is 1. The van der Waals surface area contributed by atoms with E-state index in [1.54, 1.807) is 13.2 Å². The Morgan fingerprint density at radius 3 is 2.52 bits per heavy atom. The first-order chi connectivity index (χ1) is 12.2. The maximum absolute atomic E-state index is 12.8. The SMILES string of the molecule is COc1ccc(Br)c(C(=O)N2CCC(COc3ccccc3)CC2)c1. The third-order valence-corrected chi connectivity index (χ3v) is 5.23. The average molecular weight is 404 g/mol. The fourth-order valence-electron chi connectivity index (χ4n) is 3.00. The van der Waals surface area contributed by atoms with E-state index in [1.807, 2.05) is 47.4 Å². The van der Waals surface area contributed by atoms with Crippen LogP contribution in [0.3, 0.4) is 0 Å². The number of hydrogen-bond acceptors (Lipinski definition) is 3. The Balaban J connectivity index is 1.54. The van der Waals surface area contributed by atoms with E-state index >= 15 is 0 Å². The summed E-state index contributed by atoms with van der Waals surface area (Å²) >= 11 is 3.47. The molecule has 4 nitrogen and oxygen atoms in total. The summed E-state index contributed by atoms with van der Waals surface area (Å²) in [6.07, 6.45) is 1.92. The van der Waals surface area contributed by atoms with Crippen LogP contribution in [0, 0.1) is 5.92 Å². The lowest BCUT2D eigenvalue weighted by Gasteiger charge is -2.32. The maximum Gasteiger partial charge on any atom is 0.255 e. The minimum absolute atomic E-state index is 0.0493. The highest BCUT2D eigenvalue weighted by Gasteiger charge is 2.25. The van der Waals surface area contributed by atoms with Crippen molar-refractivity contribution in [3.05, 3.63) is 58.6 Å². The van der Waals surface area contributed by atoms with E-state index in [2.05, 4.69) is 15.9 Å². The highest BCUT2D eigenvalue weighted by atomic mass is 79.9. The van der Waals surface area contributed by atoms with Crippen LogP contribution < -0.4 is 9.47 Å². The van der Waals surface area contributed by atoms with Gasteiger partial charge in [-0.15, -0.1) is 0 Å². The largest absolute Gasteiger partial charge is 0.497 e. The number of carbonyl (C=O) groups is 1. The zero-order valence-corrected chi connectivity index (χ0v) is 15.9. The molecule has 0 radical (unpaired) electrons. The summed E-state index contributed by atoms with van der Waals surface area (Å²) in [5.74, 6) is 2.13. The molecule has 25 heavy (non-hydrogen) atoms. The van der Waals surface area contributed by atoms with Crippen molar-refractivity contribution in [1.29, 1.82) is 0 Å². The van der Waals surface area contributed by atoms with E-state index in [-0.39, 0.29) is 5.91 Å². The number of halogens is 1. The van der Waals surface area contributed by atoms with Crippen LogP contribution >= 0.6 is 15.9 Å². The van der Waals surface area contributed by atoms with Gasteiger partial charge in [-0.3, -0.25) is 4.79 Å². The van der Waals surface area contributed by atoms with Crippen molar-refractivity contribution in [3.8, 4) is 11.5 Å². The quantitative estimate of drug-likeness (QED) is 0.742. The molecule has 1 aliphatic rings. The number of piperidine rings is 1. The number of nitrogens with zero attached hydrogens (tertiary/aromatic N) is 1. The second kappa shape index (κ2) is 8.39. The summed E-state index contributed by atoms with van der Waals surface area (Å²) in [5.41, 5.74) is 0.651. The fourth-order valence-corrected chi connectivity index (χ4v) is 3.42. The van der Waals surface area contributed by atoms with Gasteiger partial charge in [-0.2, -0.15) is 0 Å². The van der Waals surface area contributed by atoms with Gasteiger partial charge in [0, 0.05) is 17.6 Å². The van der Waals surface area contributed by atoms with E-state index < -0.39 is 0 Å². The molecule has 132 valence electrons. The molecule has 0 unspecified atom stereocenters. The molecule has 5 heteroatoms. The molecule has 1 heterocycles. The first-order valence-corrected chi connectivity index (χ1v) is 9.27. The molecular weight excluding hydrogens is 382 g/mol. The summed E-state index contributed by atoms with van der Waals surface area (Å²) in [6, 6.07) is 15.4. The van der Waals surface area contributed by atoms with Crippen molar-refractivity contribution in [2.45, 2.75) is 12.8 Å². The minimum Gasteiger partial charge on any atom is -0.497 e. The molecule has 1 saturated heterocycles. The molecule has 0 N–H and O–H groups in total. The summed E-state index contributed by atoms with van der Waals surface area (Å²) < 4.78 is 11.9. The summed E-state index contributed by atoms with van der Waals surface area (Å²) in [6.45, 7) is 2.21. The maximum atomic E-state index is 12.8. The second-order valence-electron chi connectivity index (χ2n) is 6.21. The Bertz CT molecular complexity index is 712. The zero-order valence-electron chi connectivity index (χ0n) is 14.3. The molecule has 0 bridgehead atoms. The van der Waals surface area contributed by atoms with Crippen LogP contribution in [0.5, 0.6) is 11.5 Å². The van der Waals surface area contributed by atoms with E-state index in [0.717, 1.165) is 36.2 Å². The Morgan fingerprint density at radius 1 is 1.12 bits per heavy atom. The number of ether oxygens (including phenoxy) is 2. The van der Waals surface area contributed by atoms with Gasteiger partial charge in [-0.05, 0) is 65.0 Å². The molecular formula is C20H22BrNO3. The second-order valence-corrected chi connectivity index (χ2v) is 7.06. The van der Waals surface area contributed by atoms with E-state index in [0.29, 0.717) is 23.8 Å². The van der Waals surface area contributed by atoms with Crippen LogP contribution in [0.15, 0.2) is 53.0 Å². The molecule has 0 atom stereocenters. The van der Waals surface area contributed by atoms with Crippen molar-refractivity contribution < 1.29 is 14.3 Å². The van der Waals surface area contributed by atoms with Gasteiger partial charge in [0.05, 0.1) is 19.3 Å². The lowest BCUT2D eigenvalue weighted by atomic mass is 9.97. The number of methoxy groups -OCH3 is 1. The number of para-hydroxylation sites is 1. The smallest absolute Gasteiger partial charge is 0.255 e. The van der Waals surface area contributed by atoms with Crippen LogP contribution in [0.4, 0.5) is 0 Å². The third-order valence-electron chi connectivity index (χ3n) is 4.53. The summed E-state index contributed by atoms with van der Waals surface area (Å²) in [4.78, 5) is 14.7. The third kappa shape index (κ3) is 4.54. The molecule has 0 aliphatic carbocycles. The topological polar surface area (TPSA) is 38.8 Å². The van der Waals surface area contributed by atoms with Gasteiger partial charge in [-0.25, -0.2) is 0 Å². The number of carbonyl (C=O) groups excluding carboxylic acids is 1. The lowest BCUT2D eigenvalue weighted by Crippen LogP contribution is -2.39. The van der Waals surface area contributed by atoms with Crippen molar-refractivity contribution in [2.75, 3.05) is 26.8 Å². The average Bonchev–Trinajstić information content (AvgIpc) is 2.67. The lowest BCUT2D eigenvalue weighted by molar-refractivity contribution is 0.0660. The normalized spacial score (nSPS) is 15.0. The molecule has 2 aromatic carbocycles. The molecule has 0 aromatic heterocycles. The zero-order chi connectivity index (χ0) is 17.6. The molecule has 0 saturated carbocycles.